The van der Waals surface area contributed by atoms with Crippen LogP contribution in [0.4, 0.5) is 4.79 Å². The second-order valence-electron chi connectivity index (χ2n) is 11.4. The van der Waals surface area contributed by atoms with E-state index in [2.05, 4.69) is 46.4 Å². The molecule has 0 spiro atoms. The molecule has 1 aliphatic carbocycles. The molecule has 8 nitrogen and oxygen atoms in total. The van der Waals surface area contributed by atoms with Gasteiger partial charge >= 0.3 is 6.09 Å². The molecule has 3 atom stereocenters. The molecule has 6 rings (SSSR count). The van der Waals surface area contributed by atoms with Gasteiger partial charge in [0.25, 0.3) is 0 Å². The number of fused-ring (bicyclic) bond motifs is 2. The van der Waals surface area contributed by atoms with Gasteiger partial charge in [0.15, 0.2) is 0 Å². The van der Waals surface area contributed by atoms with Crippen molar-refractivity contribution in [3.8, 4) is 17.2 Å². The molecule has 3 aliphatic heterocycles. The summed E-state index contributed by atoms with van der Waals surface area (Å²) < 4.78 is 17.2. The number of ether oxygens (including phenoxy) is 3. The Hall–Kier alpha value is -3.46. The topological polar surface area (TPSA) is 66.5 Å². The van der Waals surface area contributed by atoms with Gasteiger partial charge in [-0.15, -0.1) is 0 Å². The lowest BCUT2D eigenvalue weighted by Crippen LogP contribution is -2.44. The van der Waals surface area contributed by atoms with Gasteiger partial charge in [-0.1, -0.05) is 35.9 Å². The van der Waals surface area contributed by atoms with Crippen molar-refractivity contribution >= 4 is 17.7 Å². The van der Waals surface area contributed by atoms with Crippen molar-refractivity contribution in [3.63, 3.8) is 0 Å². The lowest BCUT2D eigenvalue weighted by Gasteiger charge is -2.37. The van der Waals surface area contributed by atoms with Gasteiger partial charge in [0.2, 0.25) is 0 Å². The van der Waals surface area contributed by atoms with E-state index in [0.29, 0.717) is 24.7 Å². The molecule has 2 aromatic carbocycles. The van der Waals surface area contributed by atoms with Crippen LogP contribution >= 0.6 is 11.6 Å². The third-order valence-electron chi connectivity index (χ3n) is 8.64. The molecule has 2 aromatic rings. The average Bonchev–Trinajstić information content (AvgIpc) is 3.38. The highest BCUT2D eigenvalue weighted by Gasteiger charge is 2.43. The maximum absolute atomic E-state index is 13.6. The highest BCUT2D eigenvalue weighted by Crippen LogP contribution is 2.45. The molecular weight excluding hydrogens is 552 g/mol. The summed E-state index contributed by atoms with van der Waals surface area (Å²) in [5.41, 5.74) is 3.35. The summed E-state index contributed by atoms with van der Waals surface area (Å²) in [6.45, 7) is 6.77. The van der Waals surface area contributed by atoms with Crippen LogP contribution in [0.1, 0.15) is 24.4 Å². The second kappa shape index (κ2) is 12.8. The summed E-state index contributed by atoms with van der Waals surface area (Å²) in [7, 11) is 3.79. The predicted octanol–water partition coefficient (Wildman–Crippen LogP) is 5.19. The Morgan fingerprint density at radius 2 is 1.69 bits per heavy atom. The van der Waals surface area contributed by atoms with Crippen LogP contribution in [-0.4, -0.2) is 86.9 Å². The highest BCUT2D eigenvalue weighted by molar-refractivity contribution is 6.31. The van der Waals surface area contributed by atoms with E-state index in [9.17, 15) is 4.79 Å². The average molecular weight is 591 g/mol. The molecule has 3 heterocycles. The minimum atomic E-state index is -0.387. The van der Waals surface area contributed by atoms with Gasteiger partial charge in [-0.05, 0) is 73.5 Å². The fourth-order valence-corrected chi connectivity index (χ4v) is 6.49. The van der Waals surface area contributed by atoms with Gasteiger partial charge < -0.3 is 29.3 Å². The van der Waals surface area contributed by atoms with Crippen LogP contribution in [-0.2, 0) is 0 Å². The Morgan fingerprint density at radius 3 is 2.43 bits per heavy atom. The minimum absolute atomic E-state index is 0.125. The monoisotopic (exact) mass is 590 g/mol. The quantitative estimate of drug-likeness (QED) is 0.424. The third kappa shape index (κ3) is 6.31. The first-order valence-corrected chi connectivity index (χ1v) is 15.2. The molecule has 3 unspecified atom stereocenters. The standard InChI is InChI=1S/C33H39ClN4O4/c1-36-17-19-37(20-18-36)15-3-21-41-26-7-4-23(5-8-26)32-31-28(29-22-24(34)6-13-30(29)35-31)14-16-38(32)33(39)42-27-11-9-25(40-2)10-12-27/h4-13,22,29-30,32,35H,3,14-21H2,1-2H3. The van der Waals surface area contributed by atoms with Crippen LogP contribution < -0.4 is 19.5 Å². The van der Waals surface area contributed by atoms with Crippen LogP contribution in [0.25, 0.3) is 0 Å². The Morgan fingerprint density at radius 1 is 0.976 bits per heavy atom. The van der Waals surface area contributed by atoms with E-state index >= 15 is 0 Å². The molecule has 222 valence electrons. The van der Waals surface area contributed by atoms with Crippen molar-refractivity contribution < 1.29 is 19.0 Å². The van der Waals surface area contributed by atoms with Crippen LogP contribution in [0.2, 0.25) is 0 Å². The van der Waals surface area contributed by atoms with E-state index in [1.54, 1.807) is 31.4 Å². The summed E-state index contributed by atoms with van der Waals surface area (Å²) >= 11 is 6.39. The predicted molar refractivity (Wildman–Crippen MR) is 164 cm³/mol. The number of piperazine rings is 1. The van der Waals surface area contributed by atoms with Crippen LogP contribution in [0.15, 0.2) is 83.1 Å². The number of methoxy groups -OCH3 is 1. The smallest absolute Gasteiger partial charge is 0.416 e. The van der Waals surface area contributed by atoms with Gasteiger partial charge in [0.1, 0.15) is 23.3 Å². The molecular formula is C33H39ClN4O4. The molecule has 1 amide bonds. The summed E-state index contributed by atoms with van der Waals surface area (Å²) in [4.78, 5) is 20.3. The Balaban J connectivity index is 1.17. The largest absolute Gasteiger partial charge is 0.497 e. The molecule has 1 fully saturated rings. The maximum Gasteiger partial charge on any atom is 0.416 e. The van der Waals surface area contributed by atoms with Crippen molar-refractivity contribution in [1.29, 1.82) is 0 Å². The van der Waals surface area contributed by atoms with Crippen LogP contribution in [0, 0.1) is 5.92 Å². The third-order valence-corrected chi connectivity index (χ3v) is 8.90. The Bertz CT molecular complexity index is 1350. The van der Waals surface area contributed by atoms with E-state index in [0.717, 1.165) is 67.6 Å². The molecule has 9 heteroatoms. The van der Waals surface area contributed by atoms with Crippen LogP contribution in [0.5, 0.6) is 17.2 Å². The number of halogens is 1. The number of likely N-dealkylation sites (N-methyl/N-ethyl adjacent to an activating group) is 1. The molecule has 1 N–H and O–H groups in total. The zero-order valence-corrected chi connectivity index (χ0v) is 25.1. The van der Waals surface area contributed by atoms with E-state index in [1.165, 1.54) is 5.57 Å². The van der Waals surface area contributed by atoms with Gasteiger partial charge in [-0.25, -0.2) is 4.79 Å². The number of benzene rings is 2. The van der Waals surface area contributed by atoms with Gasteiger partial charge in [-0.2, -0.15) is 0 Å². The number of nitrogens with zero attached hydrogens (tertiary/aromatic N) is 3. The fraction of sp³-hybridized carbons (Fsp3) is 0.424. The van der Waals surface area contributed by atoms with Gasteiger partial charge in [0.05, 0.1) is 19.8 Å². The molecule has 1 saturated heterocycles. The number of amides is 1. The molecule has 0 bridgehead atoms. The minimum Gasteiger partial charge on any atom is -0.497 e. The number of carbonyl (C=O) groups excluding carboxylic acids is 1. The molecule has 0 radical (unpaired) electrons. The first-order valence-electron chi connectivity index (χ1n) is 14.8. The van der Waals surface area contributed by atoms with Crippen molar-refractivity contribution in [2.24, 2.45) is 5.92 Å². The van der Waals surface area contributed by atoms with E-state index < -0.39 is 0 Å². The van der Waals surface area contributed by atoms with Crippen molar-refractivity contribution in [2.45, 2.75) is 24.9 Å². The Kier molecular flexibility index (Phi) is 8.74. The van der Waals surface area contributed by atoms with Crippen molar-refractivity contribution in [2.75, 3.05) is 60.0 Å². The molecule has 0 saturated carbocycles. The van der Waals surface area contributed by atoms with Crippen LogP contribution in [0.3, 0.4) is 0 Å². The van der Waals surface area contributed by atoms with E-state index in [-0.39, 0.29) is 24.1 Å². The molecule has 4 aliphatic rings. The van der Waals surface area contributed by atoms with E-state index in [4.69, 9.17) is 25.8 Å². The summed E-state index contributed by atoms with van der Waals surface area (Å²) in [6.07, 6.45) is 7.52. The summed E-state index contributed by atoms with van der Waals surface area (Å²) in [5.74, 6) is 2.20. The number of hydrogen-bond acceptors (Lipinski definition) is 7. The lowest BCUT2D eigenvalue weighted by atomic mass is 9.85. The zero-order chi connectivity index (χ0) is 29.1. The molecule has 42 heavy (non-hydrogen) atoms. The SMILES string of the molecule is COc1ccc(OC(=O)N2CCC3=C(NC4C=CC(Cl)=CC34)C2c2ccc(OCCCN3CCN(C)CC3)cc2)cc1. The summed E-state index contributed by atoms with van der Waals surface area (Å²) in [5, 5.41) is 4.45. The first-order chi connectivity index (χ1) is 20.5. The molecule has 0 aromatic heterocycles. The van der Waals surface area contributed by atoms with Crippen molar-refractivity contribution in [3.05, 3.63) is 88.6 Å². The maximum atomic E-state index is 13.6. The number of rotatable bonds is 8. The second-order valence-corrected chi connectivity index (χ2v) is 11.8. The normalized spacial score (nSPS) is 24.0. The number of allylic oxidation sites excluding steroid dienone is 2. The Labute approximate surface area is 253 Å². The number of carbonyl (C=O) groups is 1. The zero-order valence-electron chi connectivity index (χ0n) is 24.3. The van der Waals surface area contributed by atoms with Gasteiger partial charge in [0, 0.05) is 55.9 Å². The van der Waals surface area contributed by atoms with Crippen molar-refractivity contribution in [1.82, 2.24) is 20.0 Å². The van der Waals surface area contributed by atoms with Gasteiger partial charge in [-0.3, -0.25) is 4.90 Å². The summed E-state index contributed by atoms with van der Waals surface area (Å²) in [6, 6.07) is 15.0. The number of hydrogen-bond donors (Lipinski definition) is 1. The first kappa shape index (κ1) is 28.6. The lowest BCUT2D eigenvalue weighted by molar-refractivity contribution is 0.134. The fourth-order valence-electron chi connectivity index (χ4n) is 6.28. The van der Waals surface area contributed by atoms with E-state index in [1.807, 2.05) is 23.1 Å². The highest BCUT2D eigenvalue weighted by atomic mass is 35.5. The number of nitrogens with one attached hydrogen (secondary N) is 1.